The smallest absolute Gasteiger partial charge is 0.303 e. The first-order valence-electron chi connectivity index (χ1n) is 9.53. The van der Waals surface area contributed by atoms with E-state index in [1.54, 1.807) is 6.07 Å². The second-order valence-electron chi connectivity index (χ2n) is 6.93. The lowest BCUT2D eigenvalue weighted by Gasteiger charge is -2.43. The van der Waals surface area contributed by atoms with E-state index in [4.69, 9.17) is 23.7 Å². The minimum Gasteiger partial charge on any atom is -0.463 e. The normalized spacial score (nSPS) is 25.3. The average Bonchev–Trinajstić information content (AvgIpc) is 2.69. The molecule has 1 heterocycles. The fraction of sp³-hybridized carbons (Fsp3) is 0.500. The minimum atomic E-state index is -4.32. The van der Waals surface area contributed by atoms with Crippen molar-refractivity contribution >= 4 is 33.7 Å². The molecule has 12 heteroatoms. The number of rotatable bonds is 7. The monoisotopic (exact) mass is 472 g/mol. The van der Waals surface area contributed by atoms with Gasteiger partial charge < -0.3 is 23.7 Å². The van der Waals surface area contributed by atoms with E-state index in [1.807, 2.05) is 0 Å². The van der Waals surface area contributed by atoms with Crippen LogP contribution in [-0.2, 0) is 52.7 Å². The molecule has 0 unspecified atom stereocenters. The Labute approximate surface area is 184 Å². The summed E-state index contributed by atoms with van der Waals surface area (Å²) in [5.74, 6) is -3.25. The van der Waals surface area contributed by atoms with Crippen molar-refractivity contribution in [2.75, 3.05) is 6.61 Å². The topological polar surface area (TPSA) is 149 Å². The average molecular weight is 472 g/mol. The van der Waals surface area contributed by atoms with E-state index in [-0.39, 0.29) is 4.90 Å². The maximum Gasteiger partial charge on any atom is 0.303 e. The van der Waals surface area contributed by atoms with Gasteiger partial charge in [-0.15, -0.1) is 0 Å². The molecule has 32 heavy (non-hydrogen) atoms. The maximum absolute atomic E-state index is 13.4. The second kappa shape index (κ2) is 10.6. The Morgan fingerprint density at radius 1 is 0.781 bits per heavy atom. The summed E-state index contributed by atoms with van der Waals surface area (Å²) in [6.45, 7) is 3.75. The molecular formula is C20H24O11S. The highest BCUT2D eigenvalue weighted by Crippen LogP contribution is 2.34. The van der Waals surface area contributed by atoms with Gasteiger partial charge in [0.25, 0.3) is 0 Å². The molecule has 0 bridgehead atoms. The number of benzene rings is 1. The Balaban J connectivity index is 2.61. The standard InChI is InChI=1S/C20H24O11S/c1-11(21)27-10-16-17(28-12(2)22)18(29-13(3)23)19(30-14(4)24)20(31-16)32(25,26)15-8-6-5-7-9-15/h5-9,16-20H,10H2,1-4H3/t16-,17-,18+,19+,20-/m1/s1. The molecule has 0 spiro atoms. The molecule has 1 aromatic carbocycles. The predicted molar refractivity (Wildman–Crippen MR) is 106 cm³/mol. The zero-order valence-corrected chi connectivity index (χ0v) is 18.7. The first-order chi connectivity index (χ1) is 14.9. The Kier molecular flexibility index (Phi) is 8.33. The zero-order chi connectivity index (χ0) is 24.1. The molecule has 176 valence electrons. The summed E-state index contributed by atoms with van der Waals surface area (Å²) >= 11 is 0. The van der Waals surface area contributed by atoms with Crippen LogP contribution in [0.1, 0.15) is 27.7 Å². The van der Waals surface area contributed by atoms with Crippen molar-refractivity contribution in [1.82, 2.24) is 0 Å². The van der Waals surface area contributed by atoms with Crippen molar-refractivity contribution in [2.24, 2.45) is 0 Å². The van der Waals surface area contributed by atoms with Crippen LogP contribution in [0.4, 0.5) is 0 Å². The van der Waals surface area contributed by atoms with Gasteiger partial charge in [0, 0.05) is 27.7 Å². The van der Waals surface area contributed by atoms with Gasteiger partial charge >= 0.3 is 23.9 Å². The number of hydrogen-bond acceptors (Lipinski definition) is 11. The quantitative estimate of drug-likeness (QED) is 0.404. The Morgan fingerprint density at radius 2 is 1.28 bits per heavy atom. The molecule has 2 rings (SSSR count). The van der Waals surface area contributed by atoms with Gasteiger partial charge in [-0.2, -0.15) is 0 Å². The molecule has 0 aromatic heterocycles. The number of carbonyl (C=O) groups is 4. The number of ether oxygens (including phenoxy) is 5. The van der Waals surface area contributed by atoms with Gasteiger partial charge in [0.2, 0.25) is 15.3 Å². The molecule has 0 radical (unpaired) electrons. The van der Waals surface area contributed by atoms with Crippen LogP contribution in [-0.4, -0.2) is 68.8 Å². The van der Waals surface area contributed by atoms with Gasteiger partial charge in [-0.25, -0.2) is 8.42 Å². The van der Waals surface area contributed by atoms with Crippen LogP contribution in [0.15, 0.2) is 35.2 Å². The molecule has 5 atom stereocenters. The lowest BCUT2D eigenvalue weighted by molar-refractivity contribution is -0.238. The van der Waals surface area contributed by atoms with E-state index >= 15 is 0 Å². The van der Waals surface area contributed by atoms with Gasteiger partial charge in [-0.1, -0.05) is 18.2 Å². The van der Waals surface area contributed by atoms with E-state index in [1.165, 1.54) is 24.3 Å². The molecule has 1 aromatic rings. The molecule has 0 saturated carbocycles. The summed E-state index contributed by atoms with van der Waals surface area (Å²) in [5, 5.41) is 0. The van der Waals surface area contributed by atoms with Crippen LogP contribution in [0.25, 0.3) is 0 Å². The lowest BCUT2D eigenvalue weighted by atomic mass is 9.99. The van der Waals surface area contributed by atoms with Gasteiger partial charge in [-0.3, -0.25) is 19.2 Å². The zero-order valence-electron chi connectivity index (χ0n) is 17.9. The number of hydrogen-bond donors (Lipinski definition) is 0. The summed E-state index contributed by atoms with van der Waals surface area (Å²) in [5.41, 5.74) is -1.86. The highest BCUT2D eigenvalue weighted by Gasteiger charge is 2.56. The molecule has 0 N–H and O–H groups in total. The summed E-state index contributed by atoms with van der Waals surface area (Å²) in [4.78, 5) is 46.5. The second-order valence-corrected chi connectivity index (χ2v) is 8.95. The summed E-state index contributed by atoms with van der Waals surface area (Å²) in [6, 6.07) is 7.19. The molecule has 11 nitrogen and oxygen atoms in total. The Morgan fingerprint density at radius 3 is 1.78 bits per heavy atom. The van der Waals surface area contributed by atoms with Crippen molar-refractivity contribution in [1.29, 1.82) is 0 Å². The predicted octanol–water partition coefficient (Wildman–Crippen LogP) is 0.543. The molecule has 1 fully saturated rings. The van der Waals surface area contributed by atoms with E-state index in [0.29, 0.717) is 0 Å². The van der Waals surface area contributed by atoms with Gasteiger partial charge in [0.1, 0.15) is 12.7 Å². The maximum atomic E-state index is 13.4. The van der Waals surface area contributed by atoms with Crippen LogP contribution in [0.5, 0.6) is 0 Å². The minimum absolute atomic E-state index is 0.152. The van der Waals surface area contributed by atoms with Gasteiger partial charge in [0.15, 0.2) is 18.3 Å². The van der Waals surface area contributed by atoms with Crippen molar-refractivity contribution in [2.45, 2.75) is 62.4 Å². The van der Waals surface area contributed by atoms with Crippen molar-refractivity contribution < 1.29 is 51.3 Å². The lowest BCUT2D eigenvalue weighted by Crippen LogP contribution is -2.64. The van der Waals surface area contributed by atoms with Gasteiger partial charge in [0.05, 0.1) is 4.90 Å². The van der Waals surface area contributed by atoms with Gasteiger partial charge in [-0.05, 0) is 12.1 Å². The van der Waals surface area contributed by atoms with E-state index in [9.17, 15) is 27.6 Å². The number of sulfone groups is 1. The third-order valence-electron chi connectivity index (χ3n) is 4.33. The number of esters is 4. The van der Waals surface area contributed by atoms with E-state index in [0.717, 1.165) is 27.7 Å². The summed E-state index contributed by atoms with van der Waals surface area (Å²) < 4.78 is 53.0. The first kappa shape index (κ1) is 25.3. The van der Waals surface area contributed by atoms with Crippen LogP contribution in [0.2, 0.25) is 0 Å². The van der Waals surface area contributed by atoms with Crippen LogP contribution >= 0.6 is 0 Å². The molecular weight excluding hydrogens is 448 g/mol. The molecule has 1 saturated heterocycles. The largest absolute Gasteiger partial charge is 0.463 e. The van der Waals surface area contributed by atoms with Crippen molar-refractivity contribution in [3.63, 3.8) is 0 Å². The Hall–Kier alpha value is -2.99. The Bertz CT molecular complexity index is 957. The molecule has 1 aliphatic rings. The molecule has 1 aliphatic heterocycles. The van der Waals surface area contributed by atoms with Crippen molar-refractivity contribution in [3.05, 3.63) is 30.3 Å². The highest BCUT2D eigenvalue weighted by atomic mass is 32.2. The first-order valence-corrected chi connectivity index (χ1v) is 11.1. The third-order valence-corrected chi connectivity index (χ3v) is 6.25. The summed E-state index contributed by atoms with van der Waals surface area (Å²) in [6.07, 6.45) is -6.01. The fourth-order valence-electron chi connectivity index (χ4n) is 3.18. The van der Waals surface area contributed by atoms with Crippen LogP contribution in [0, 0.1) is 0 Å². The number of carbonyl (C=O) groups excluding carboxylic acids is 4. The fourth-order valence-corrected chi connectivity index (χ4v) is 4.84. The molecule has 0 amide bonds. The van der Waals surface area contributed by atoms with E-state index in [2.05, 4.69) is 0 Å². The SMILES string of the molecule is CC(=O)OC[C@H]1O[C@H](S(=O)(=O)c2ccccc2)[C@@H](OC(C)=O)[C@@H](OC(C)=O)[C@@H]1OC(C)=O. The van der Waals surface area contributed by atoms with Crippen molar-refractivity contribution in [3.8, 4) is 0 Å². The van der Waals surface area contributed by atoms with E-state index < -0.39 is 70.2 Å². The van der Waals surface area contributed by atoms with Crippen LogP contribution < -0.4 is 0 Å². The third kappa shape index (κ3) is 6.26. The van der Waals surface area contributed by atoms with Crippen LogP contribution in [0.3, 0.4) is 0 Å². The highest BCUT2D eigenvalue weighted by molar-refractivity contribution is 7.92. The summed E-state index contributed by atoms with van der Waals surface area (Å²) in [7, 11) is -4.32. The molecule has 0 aliphatic carbocycles.